The van der Waals surface area contributed by atoms with Gasteiger partial charge in [0.1, 0.15) is 5.69 Å². The Balaban J connectivity index is 1.45. The Kier molecular flexibility index (Phi) is 5.85. The number of benzene rings is 4. The zero-order chi connectivity index (χ0) is 25.6. The van der Waals surface area contributed by atoms with Crippen molar-refractivity contribution in [3.8, 4) is 28.2 Å². The van der Waals surface area contributed by atoms with Crippen LogP contribution < -0.4 is 4.57 Å². The molecule has 2 aromatic heterocycles. The summed E-state index contributed by atoms with van der Waals surface area (Å²) in [6.45, 7) is 2.23. The maximum absolute atomic E-state index is 5.37. The van der Waals surface area contributed by atoms with Crippen LogP contribution in [0.5, 0.6) is 0 Å². The highest BCUT2D eigenvalue weighted by Gasteiger charge is 2.30. The predicted octanol–water partition coefficient (Wildman–Crippen LogP) is 8.75. The van der Waals surface area contributed by atoms with Crippen LogP contribution in [-0.2, 0) is 7.05 Å². The van der Waals surface area contributed by atoms with Gasteiger partial charge in [0, 0.05) is 5.92 Å². The van der Waals surface area contributed by atoms with Crippen LogP contribution in [0.15, 0.2) is 91.0 Å². The molecule has 0 radical (unpaired) electrons. The Bertz CT molecular complexity index is 1750. The van der Waals surface area contributed by atoms with Crippen molar-refractivity contribution < 1.29 is 4.57 Å². The lowest BCUT2D eigenvalue weighted by atomic mass is 9.90. The Morgan fingerprint density at radius 2 is 1.50 bits per heavy atom. The number of aromatic nitrogens is 3. The number of thiazole rings is 1. The summed E-state index contributed by atoms with van der Waals surface area (Å²) in [5.74, 6) is 1.79. The second-order valence-electron chi connectivity index (χ2n) is 10.6. The first kappa shape index (κ1) is 23.4. The lowest BCUT2D eigenvalue weighted by molar-refractivity contribution is -0.633. The molecule has 0 unspecified atom stereocenters. The average molecular weight is 515 g/mol. The molecular formula is C34H32N3S+. The van der Waals surface area contributed by atoms with E-state index < -0.39 is 0 Å². The van der Waals surface area contributed by atoms with E-state index in [-0.39, 0.29) is 0 Å². The summed E-state index contributed by atoms with van der Waals surface area (Å²) < 4.78 is 6.07. The van der Waals surface area contributed by atoms with Crippen LogP contribution in [0.4, 0.5) is 0 Å². The van der Waals surface area contributed by atoms with E-state index in [0.717, 1.165) is 11.2 Å². The minimum atomic E-state index is 0.611. The number of aryl methyl sites for hydroxylation is 2. The molecular weight excluding hydrogens is 482 g/mol. The highest BCUT2D eigenvalue weighted by atomic mass is 32.1. The second kappa shape index (κ2) is 9.52. The molecule has 0 saturated heterocycles. The summed E-state index contributed by atoms with van der Waals surface area (Å²) in [4.78, 5) is 5.37. The van der Waals surface area contributed by atoms with Crippen LogP contribution in [0.25, 0.3) is 49.5 Å². The van der Waals surface area contributed by atoms with Gasteiger partial charge < -0.3 is 0 Å². The summed E-state index contributed by atoms with van der Waals surface area (Å²) in [6.07, 6.45) is 6.57. The molecule has 1 aliphatic rings. The maximum atomic E-state index is 5.37. The van der Waals surface area contributed by atoms with Crippen molar-refractivity contribution in [2.24, 2.45) is 7.05 Å². The van der Waals surface area contributed by atoms with Gasteiger partial charge in [0.05, 0.1) is 27.8 Å². The third-order valence-corrected chi connectivity index (χ3v) is 9.39. The maximum Gasteiger partial charge on any atom is 0.297 e. The standard InChI is InChI=1S/C34H32N3S/c1-23-17-22-30-32(35-33(38-30)26-13-7-4-8-14-26)31(23)34-36(2)28-15-9-10-16-29(28)37(34)27-20-18-25(19-21-27)24-11-5-3-6-12-24/h3,5-6,9-12,15-22,26H,4,7-8,13-14H2,1-2H3/q+1. The lowest BCUT2D eigenvalue weighted by Crippen LogP contribution is -2.30. The molecule has 38 heavy (non-hydrogen) atoms. The quantitative estimate of drug-likeness (QED) is 0.216. The van der Waals surface area contributed by atoms with Crippen molar-refractivity contribution in [2.75, 3.05) is 0 Å². The van der Waals surface area contributed by atoms with Crippen molar-refractivity contribution in [3.05, 3.63) is 102 Å². The number of fused-ring (bicyclic) bond motifs is 2. The van der Waals surface area contributed by atoms with Gasteiger partial charge in [0.15, 0.2) is 11.0 Å². The molecule has 1 aliphatic carbocycles. The molecule has 0 aliphatic heterocycles. The van der Waals surface area contributed by atoms with Gasteiger partial charge in [-0.05, 0) is 66.8 Å². The Labute approximate surface area is 228 Å². The molecule has 0 spiro atoms. The van der Waals surface area contributed by atoms with Crippen LogP contribution in [0, 0.1) is 6.92 Å². The fourth-order valence-electron chi connectivity index (χ4n) is 6.21. The third-order valence-electron chi connectivity index (χ3n) is 8.21. The van der Waals surface area contributed by atoms with E-state index >= 15 is 0 Å². The van der Waals surface area contributed by atoms with Gasteiger partial charge in [-0.3, -0.25) is 0 Å². The molecule has 0 bridgehead atoms. The van der Waals surface area contributed by atoms with Crippen LogP contribution in [0.3, 0.4) is 0 Å². The van der Waals surface area contributed by atoms with Crippen LogP contribution in [0.1, 0.15) is 48.6 Å². The molecule has 2 heterocycles. The van der Waals surface area contributed by atoms with E-state index in [2.05, 4.69) is 114 Å². The highest BCUT2D eigenvalue weighted by Crippen LogP contribution is 2.41. The van der Waals surface area contributed by atoms with Crippen LogP contribution >= 0.6 is 11.3 Å². The van der Waals surface area contributed by atoms with Gasteiger partial charge in [0.2, 0.25) is 0 Å². The molecule has 0 N–H and O–H groups in total. The average Bonchev–Trinajstić information content (AvgIpc) is 3.54. The molecule has 3 nitrogen and oxygen atoms in total. The van der Waals surface area contributed by atoms with Gasteiger partial charge >= 0.3 is 0 Å². The molecule has 0 amide bonds. The zero-order valence-electron chi connectivity index (χ0n) is 22.0. The molecule has 6 aromatic rings. The smallest absolute Gasteiger partial charge is 0.240 e. The summed E-state index contributed by atoms with van der Waals surface area (Å²) >= 11 is 1.91. The first-order valence-electron chi connectivity index (χ1n) is 13.7. The lowest BCUT2D eigenvalue weighted by Gasteiger charge is -2.18. The SMILES string of the molecule is Cc1ccc2sc(C3CCCCC3)nc2c1-c1n(-c2ccc(-c3ccccc3)cc2)c2ccccc2[n+]1C. The van der Waals surface area contributed by atoms with E-state index in [0.29, 0.717) is 5.92 Å². The van der Waals surface area contributed by atoms with Crippen LogP contribution in [-0.4, -0.2) is 9.55 Å². The molecule has 4 aromatic carbocycles. The zero-order valence-corrected chi connectivity index (χ0v) is 22.8. The molecule has 4 heteroatoms. The monoisotopic (exact) mass is 514 g/mol. The van der Waals surface area contributed by atoms with Crippen LogP contribution in [0.2, 0.25) is 0 Å². The number of hydrogen-bond donors (Lipinski definition) is 0. The van der Waals surface area contributed by atoms with Crippen molar-refractivity contribution >= 4 is 32.6 Å². The van der Waals surface area contributed by atoms with E-state index in [1.165, 1.54) is 80.9 Å². The molecule has 1 saturated carbocycles. The summed E-state index contributed by atoms with van der Waals surface area (Å²) in [5.41, 5.74) is 9.70. The number of para-hydroxylation sites is 2. The topological polar surface area (TPSA) is 21.7 Å². The largest absolute Gasteiger partial charge is 0.297 e. The van der Waals surface area contributed by atoms with E-state index in [4.69, 9.17) is 4.98 Å². The molecule has 1 fully saturated rings. The van der Waals surface area contributed by atoms with Gasteiger partial charge in [-0.2, -0.15) is 4.57 Å². The number of rotatable bonds is 4. The highest BCUT2D eigenvalue weighted by molar-refractivity contribution is 7.18. The number of nitrogens with zero attached hydrogens (tertiary/aromatic N) is 3. The fraction of sp³-hybridized carbons (Fsp3) is 0.235. The molecule has 0 atom stereocenters. The third kappa shape index (κ3) is 3.86. The Morgan fingerprint density at radius 1 is 0.789 bits per heavy atom. The number of hydrogen-bond acceptors (Lipinski definition) is 2. The van der Waals surface area contributed by atoms with Gasteiger partial charge in [-0.15, -0.1) is 11.3 Å². The van der Waals surface area contributed by atoms with Crippen molar-refractivity contribution in [1.82, 2.24) is 9.55 Å². The summed E-state index contributed by atoms with van der Waals surface area (Å²) in [6, 6.07) is 32.9. The Hall–Kier alpha value is -3.76. The van der Waals surface area contributed by atoms with Crippen molar-refractivity contribution in [2.45, 2.75) is 44.9 Å². The van der Waals surface area contributed by atoms with Gasteiger partial charge in [0.25, 0.3) is 5.82 Å². The Morgan fingerprint density at radius 3 is 2.29 bits per heavy atom. The van der Waals surface area contributed by atoms with Gasteiger partial charge in [-0.1, -0.05) is 79.9 Å². The number of imidazole rings is 1. The minimum Gasteiger partial charge on any atom is -0.240 e. The molecule has 7 rings (SSSR count). The normalized spacial score (nSPS) is 14.5. The molecule has 188 valence electrons. The van der Waals surface area contributed by atoms with Gasteiger partial charge in [-0.25, -0.2) is 9.55 Å². The van der Waals surface area contributed by atoms with E-state index in [9.17, 15) is 0 Å². The van der Waals surface area contributed by atoms with Crippen molar-refractivity contribution in [1.29, 1.82) is 0 Å². The van der Waals surface area contributed by atoms with Crippen molar-refractivity contribution in [3.63, 3.8) is 0 Å². The predicted molar refractivity (Wildman–Crippen MR) is 159 cm³/mol. The summed E-state index contributed by atoms with van der Waals surface area (Å²) in [5, 5.41) is 1.32. The second-order valence-corrected chi connectivity index (χ2v) is 11.7. The van der Waals surface area contributed by atoms with E-state index in [1.807, 2.05) is 11.3 Å². The summed E-state index contributed by atoms with van der Waals surface area (Å²) in [7, 11) is 2.19. The van der Waals surface area contributed by atoms with E-state index in [1.54, 1.807) is 0 Å². The first-order valence-corrected chi connectivity index (χ1v) is 14.6. The fourth-order valence-corrected chi connectivity index (χ4v) is 7.35. The minimum absolute atomic E-state index is 0.611. The first-order chi connectivity index (χ1) is 18.7.